The summed E-state index contributed by atoms with van der Waals surface area (Å²) in [7, 11) is 0. The molecule has 1 aliphatic carbocycles. The summed E-state index contributed by atoms with van der Waals surface area (Å²) in [6, 6.07) is 13.4. The van der Waals surface area contributed by atoms with E-state index in [1.807, 2.05) is 42.5 Å². The SMILES string of the molecule is O=C1Nc2ccc(Br)cc2C(c2ccc(Cl)cc2)=NC12CC2. The average molecular weight is 376 g/mol. The third kappa shape index (κ3) is 2.27. The van der Waals surface area contributed by atoms with E-state index in [4.69, 9.17) is 16.6 Å². The Balaban J connectivity index is 1.95. The van der Waals surface area contributed by atoms with Crippen molar-refractivity contribution >= 4 is 44.8 Å². The van der Waals surface area contributed by atoms with Crippen LogP contribution in [0.25, 0.3) is 0 Å². The van der Waals surface area contributed by atoms with Crippen LogP contribution in [0.4, 0.5) is 5.69 Å². The summed E-state index contributed by atoms with van der Waals surface area (Å²) >= 11 is 9.48. The minimum atomic E-state index is -0.597. The number of hydrogen-bond acceptors (Lipinski definition) is 2. The molecule has 1 saturated carbocycles. The highest BCUT2D eigenvalue weighted by Crippen LogP contribution is 2.44. The topological polar surface area (TPSA) is 41.5 Å². The maximum absolute atomic E-state index is 12.4. The van der Waals surface area contributed by atoms with Gasteiger partial charge in [-0.15, -0.1) is 0 Å². The van der Waals surface area contributed by atoms with Gasteiger partial charge in [-0.3, -0.25) is 9.79 Å². The summed E-state index contributed by atoms with van der Waals surface area (Å²) in [5.74, 6) is -0.0139. The lowest BCUT2D eigenvalue weighted by molar-refractivity contribution is -0.118. The summed E-state index contributed by atoms with van der Waals surface area (Å²) in [6.45, 7) is 0. The predicted molar refractivity (Wildman–Crippen MR) is 91.8 cm³/mol. The Bertz CT molecular complexity index is 810. The molecule has 0 bridgehead atoms. The fourth-order valence-electron chi connectivity index (χ4n) is 2.67. The Kier molecular flexibility index (Phi) is 3.13. The molecular weight excluding hydrogens is 364 g/mol. The lowest BCUT2D eigenvalue weighted by Gasteiger charge is -2.10. The molecule has 1 fully saturated rings. The van der Waals surface area contributed by atoms with Gasteiger partial charge in [-0.2, -0.15) is 0 Å². The first-order valence-electron chi connectivity index (χ1n) is 7.05. The molecule has 1 spiro atoms. The second kappa shape index (κ2) is 4.93. The zero-order chi connectivity index (χ0) is 15.3. The number of benzene rings is 2. The molecule has 4 rings (SSSR count). The van der Waals surface area contributed by atoms with Crippen molar-refractivity contribution in [1.82, 2.24) is 0 Å². The van der Waals surface area contributed by atoms with Gasteiger partial charge in [0.25, 0.3) is 5.91 Å². The van der Waals surface area contributed by atoms with Gasteiger partial charge in [-0.05, 0) is 43.2 Å². The molecule has 0 unspecified atom stereocenters. The molecule has 0 atom stereocenters. The van der Waals surface area contributed by atoms with Crippen LogP contribution in [0.1, 0.15) is 24.0 Å². The second-order valence-corrected chi connectivity index (χ2v) is 7.00. The zero-order valence-electron chi connectivity index (χ0n) is 11.6. The quantitative estimate of drug-likeness (QED) is 0.787. The summed E-state index contributed by atoms with van der Waals surface area (Å²) < 4.78 is 0.953. The van der Waals surface area contributed by atoms with Gasteiger partial charge in [0.05, 0.1) is 11.4 Å². The predicted octanol–water partition coefficient (Wildman–Crippen LogP) is 4.42. The van der Waals surface area contributed by atoms with E-state index in [1.54, 1.807) is 0 Å². The molecular formula is C17H12BrClN2O. The van der Waals surface area contributed by atoms with E-state index in [0.29, 0.717) is 5.02 Å². The monoisotopic (exact) mass is 374 g/mol. The number of aliphatic imine (C=N–C) groups is 1. The highest BCUT2D eigenvalue weighted by atomic mass is 79.9. The van der Waals surface area contributed by atoms with Crippen LogP contribution >= 0.6 is 27.5 Å². The summed E-state index contributed by atoms with van der Waals surface area (Å²) in [5, 5.41) is 3.70. The maximum Gasteiger partial charge on any atom is 0.252 e. The van der Waals surface area contributed by atoms with Crippen LogP contribution in [0.15, 0.2) is 51.9 Å². The molecule has 1 amide bonds. The van der Waals surface area contributed by atoms with Crippen molar-refractivity contribution in [3.05, 3.63) is 63.1 Å². The van der Waals surface area contributed by atoms with E-state index in [0.717, 1.165) is 39.8 Å². The third-order valence-corrected chi connectivity index (χ3v) is 4.82. The van der Waals surface area contributed by atoms with Crippen molar-refractivity contribution in [3.63, 3.8) is 0 Å². The van der Waals surface area contributed by atoms with E-state index in [9.17, 15) is 4.79 Å². The lowest BCUT2D eigenvalue weighted by Crippen LogP contribution is -2.27. The molecule has 0 radical (unpaired) electrons. The van der Waals surface area contributed by atoms with Crippen LogP contribution in [0, 0.1) is 0 Å². The molecule has 110 valence electrons. The first-order valence-corrected chi connectivity index (χ1v) is 8.22. The van der Waals surface area contributed by atoms with Gasteiger partial charge in [0.2, 0.25) is 0 Å². The summed E-state index contributed by atoms with van der Waals surface area (Å²) in [4.78, 5) is 17.2. The number of nitrogens with one attached hydrogen (secondary N) is 1. The van der Waals surface area contributed by atoms with Crippen molar-refractivity contribution in [3.8, 4) is 0 Å². The number of fused-ring (bicyclic) bond motifs is 1. The zero-order valence-corrected chi connectivity index (χ0v) is 13.9. The molecule has 1 heterocycles. The fraction of sp³-hybridized carbons (Fsp3) is 0.176. The van der Waals surface area contributed by atoms with Gasteiger partial charge in [-0.1, -0.05) is 39.7 Å². The normalized spacial score (nSPS) is 18.3. The molecule has 0 saturated heterocycles. The number of hydrogen-bond donors (Lipinski definition) is 1. The lowest BCUT2D eigenvalue weighted by atomic mass is 10.0. The van der Waals surface area contributed by atoms with Gasteiger partial charge in [-0.25, -0.2) is 0 Å². The molecule has 5 heteroatoms. The minimum absolute atomic E-state index is 0.0139. The van der Waals surface area contributed by atoms with Crippen molar-refractivity contribution in [1.29, 1.82) is 0 Å². The van der Waals surface area contributed by atoms with E-state index in [2.05, 4.69) is 21.2 Å². The van der Waals surface area contributed by atoms with Crippen LogP contribution in [0.3, 0.4) is 0 Å². The van der Waals surface area contributed by atoms with Crippen molar-refractivity contribution in [2.75, 3.05) is 5.32 Å². The highest BCUT2D eigenvalue weighted by Gasteiger charge is 2.51. The molecule has 1 N–H and O–H groups in total. The highest BCUT2D eigenvalue weighted by molar-refractivity contribution is 9.10. The second-order valence-electron chi connectivity index (χ2n) is 5.64. The molecule has 1 aliphatic heterocycles. The van der Waals surface area contributed by atoms with Crippen molar-refractivity contribution in [2.45, 2.75) is 18.4 Å². The van der Waals surface area contributed by atoms with E-state index in [1.165, 1.54) is 0 Å². The van der Waals surface area contributed by atoms with Crippen LogP contribution in [0.5, 0.6) is 0 Å². The molecule has 2 aromatic rings. The fourth-order valence-corrected chi connectivity index (χ4v) is 3.16. The number of carbonyl (C=O) groups excluding carboxylic acids is 1. The number of anilines is 1. The van der Waals surface area contributed by atoms with Gasteiger partial charge in [0.15, 0.2) is 0 Å². The van der Waals surface area contributed by atoms with E-state index in [-0.39, 0.29) is 5.91 Å². The number of nitrogens with zero attached hydrogens (tertiary/aromatic N) is 1. The number of rotatable bonds is 1. The Morgan fingerprint density at radius 2 is 1.86 bits per heavy atom. The molecule has 22 heavy (non-hydrogen) atoms. The van der Waals surface area contributed by atoms with Crippen LogP contribution in [-0.2, 0) is 4.79 Å². The van der Waals surface area contributed by atoms with Gasteiger partial charge in [0.1, 0.15) is 5.54 Å². The van der Waals surface area contributed by atoms with E-state index >= 15 is 0 Å². The Hall–Kier alpha value is -1.65. The molecule has 2 aliphatic rings. The van der Waals surface area contributed by atoms with Crippen molar-refractivity contribution in [2.24, 2.45) is 4.99 Å². The van der Waals surface area contributed by atoms with Crippen LogP contribution < -0.4 is 5.32 Å². The van der Waals surface area contributed by atoms with Gasteiger partial charge < -0.3 is 5.32 Å². The summed E-state index contributed by atoms with van der Waals surface area (Å²) in [6.07, 6.45) is 1.59. The standard InChI is InChI=1S/C17H12BrClN2O/c18-11-3-6-14-13(9-11)15(10-1-4-12(19)5-2-10)21-17(7-8-17)16(22)20-14/h1-6,9H,7-8H2,(H,20,22). The van der Waals surface area contributed by atoms with Gasteiger partial charge >= 0.3 is 0 Å². The summed E-state index contributed by atoms with van der Waals surface area (Å²) in [5.41, 5.74) is 2.93. The third-order valence-electron chi connectivity index (χ3n) is 4.07. The van der Waals surface area contributed by atoms with Crippen LogP contribution in [0.2, 0.25) is 5.02 Å². The Labute approximate surface area is 141 Å². The number of amides is 1. The molecule has 3 nitrogen and oxygen atoms in total. The number of halogens is 2. The molecule has 0 aromatic heterocycles. The van der Waals surface area contributed by atoms with Crippen LogP contribution in [-0.4, -0.2) is 17.2 Å². The Morgan fingerprint density at radius 3 is 2.55 bits per heavy atom. The molecule has 2 aromatic carbocycles. The maximum atomic E-state index is 12.4. The van der Waals surface area contributed by atoms with Crippen molar-refractivity contribution < 1.29 is 4.79 Å². The number of carbonyl (C=O) groups is 1. The Morgan fingerprint density at radius 1 is 1.14 bits per heavy atom. The first kappa shape index (κ1) is 14.0. The first-order chi connectivity index (χ1) is 10.6. The largest absolute Gasteiger partial charge is 0.323 e. The average Bonchev–Trinajstić information content (AvgIpc) is 3.29. The minimum Gasteiger partial charge on any atom is -0.323 e. The smallest absolute Gasteiger partial charge is 0.252 e. The van der Waals surface area contributed by atoms with Gasteiger partial charge in [0, 0.05) is 20.6 Å². The van der Waals surface area contributed by atoms with E-state index < -0.39 is 5.54 Å².